The highest BCUT2D eigenvalue weighted by Crippen LogP contribution is 2.42. The van der Waals surface area contributed by atoms with Crippen molar-refractivity contribution < 1.29 is 23.7 Å². The van der Waals surface area contributed by atoms with E-state index in [0.29, 0.717) is 17.2 Å². The summed E-state index contributed by atoms with van der Waals surface area (Å²) in [4.78, 5) is 11.3. The molecule has 1 aliphatic heterocycles. The van der Waals surface area contributed by atoms with Crippen LogP contribution in [0, 0.1) is 0 Å². The lowest BCUT2D eigenvalue weighted by Gasteiger charge is -2.18. The second-order valence-corrected chi connectivity index (χ2v) is 5.73. The molecule has 0 aliphatic carbocycles. The van der Waals surface area contributed by atoms with Gasteiger partial charge in [-0.3, -0.25) is 4.79 Å². The van der Waals surface area contributed by atoms with Crippen molar-refractivity contribution in [2.45, 2.75) is 19.8 Å². The number of carbonyl (C=O) groups is 1. The van der Waals surface area contributed by atoms with Crippen LogP contribution in [0.5, 0.6) is 23.0 Å². The minimum atomic E-state index is -0.0317. The number of hydrogen-bond donors (Lipinski definition) is 0. The first-order valence-electron chi connectivity index (χ1n) is 7.78. The molecule has 5 heteroatoms. The van der Waals surface area contributed by atoms with Crippen molar-refractivity contribution in [2.75, 3.05) is 20.5 Å². The lowest BCUT2D eigenvalue weighted by Crippen LogP contribution is -2.09. The van der Waals surface area contributed by atoms with Crippen LogP contribution in [0.1, 0.15) is 30.9 Å². The van der Waals surface area contributed by atoms with Crippen LogP contribution in [0.3, 0.4) is 0 Å². The van der Waals surface area contributed by atoms with Crippen molar-refractivity contribution in [1.82, 2.24) is 0 Å². The molecule has 1 aliphatic rings. The highest BCUT2D eigenvalue weighted by Gasteiger charge is 2.22. The van der Waals surface area contributed by atoms with Crippen LogP contribution in [0.4, 0.5) is 0 Å². The minimum absolute atomic E-state index is 0.0297. The van der Waals surface area contributed by atoms with E-state index in [0.717, 1.165) is 16.9 Å². The largest absolute Gasteiger partial charge is 0.497 e. The van der Waals surface area contributed by atoms with Gasteiger partial charge in [-0.15, -0.1) is 0 Å². The average molecular weight is 328 g/mol. The number of carbonyl (C=O) groups excluding carboxylic acids is 1. The van der Waals surface area contributed by atoms with Gasteiger partial charge in [0.05, 0.1) is 7.11 Å². The van der Waals surface area contributed by atoms with Crippen molar-refractivity contribution in [3.63, 3.8) is 0 Å². The monoisotopic (exact) mass is 328 g/mol. The first-order chi connectivity index (χ1) is 11.6. The fourth-order valence-corrected chi connectivity index (χ4v) is 2.65. The predicted octanol–water partition coefficient (Wildman–Crippen LogP) is 3.54. The average Bonchev–Trinajstić information content (AvgIpc) is 3.05. The molecule has 0 N–H and O–H groups in total. The molecule has 1 heterocycles. The molecule has 0 bridgehead atoms. The van der Waals surface area contributed by atoms with Crippen molar-refractivity contribution in [3.05, 3.63) is 47.5 Å². The maximum absolute atomic E-state index is 11.3. The van der Waals surface area contributed by atoms with Gasteiger partial charge in [-0.2, -0.15) is 0 Å². The Morgan fingerprint density at radius 3 is 2.46 bits per heavy atom. The summed E-state index contributed by atoms with van der Waals surface area (Å²) in [5, 5.41) is 0. The number of rotatable bonds is 6. The van der Waals surface area contributed by atoms with Crippen LogP contribution in [0.15, 0.2) is 36.4 Å². The molecule has 1 unspecified atom stereocenters. The zero-order chi connectivity index (χ0) is 17.1. The number of methoxy groups -OCH3 is 1. The summed E-state index contributed by atoms with van der Waals surface area (Å²) in [7, 11) is 1.64. The molecule has 0 amide bonds. The standard InChI is InChI=1S/C19H20O5/c1-12(20)10-22-17-9-19-18(23-11-24-19)8-16(17)13(2)14-4-6-15(21-3)7-5-14/h4-9,13H,10-11H2,1-3H3. The molecule has 0 radical (unpaired) electrons. The van der Waals surface area contributed by atoms with Gasteiger partial charge in [-0.1, -0.05) is 19.1 Å². The Morgan fingerprint density at radius 2 is 1.83 bits per heavy atom. The van der Waals surface area contributed by atoms with E-state index >= 15 is 0 Å². The first kappa shape index (κ1) is 16.2. The lowest BCUT2D eigenvalue weighted by molar-refractivity contribution is -0.118. The molecule has 3 rings (SSSR count). The molecule has 2 aromatic rings. The van der Waals surface area contributed by atoms with Gasteiger partial charge in [-0.05, 0) is 30.7 Å². The Morgan fingerprint density at radius 1 is 1.17 bits per heavy atom. The Bertz CT molecular complexity index is 736. The summed E-state index contributed by atoms with van der Waals surface area (Å²) < 4.78 is 21.8. The van der Waals surface area contributed by atoms with Crippen molar-refractivity contribution in [2.24, 2.45) is 0 Å². The molecule has 24 heavy (non-hydrogen) atoms. The molecule has 0 fully saturated rings. The van der Waals surface area contributed by atoms with Gasteiger partial charge in [0, 0.05) is 17.5 Å². The molecule has 0 aromatic heterocycles. The van der Waals surface area contributed by atoms with Gasteiger partial charge in [-0.25, -0.2) is 0 Å². The maximum Gasteiger partial charge on any atom is 0.231 e. The highest BCUT2D eigenvalue weighted by molar-refractivity contribution is 5.77. The molecular weight excluding hydrogens is 308 g/mol. The van der Waals surface area contributed by atoms with Gasteiger partial charge >= 0.3 is 0 Å². The van der Waals surface area contributed by atoms with Crippen molar-refractivity contribution in [3.8, 4) is 23.0 Å². The van der Waals surface area contributed by atoms with E-state index in [4.69, 9.17) is 18.9 Å². The third-order valence-electron chi connectivity index (χ3n) is 4.02. The fraction of sp³-hybridized carbons (Fsp3) is 0.316. The van der Waals surface area contributed by atoms with Crippen LogP contribution in [0.25, 0.3) is 0 Å². The molecule has 1 atom stereocenters. The third kappa shape index (κ3) is 3.30. The van der Waals surface area contributed by atoms with Crippen molar-refractivity contribution in [1.29, 1.82) is 0 Å². The summed E-state index contributed by atoms with van der Waals surface area (Å²) >= 11 is 0. The van der Waals surface area contributed by atoms with E-state index in [1.54, 1.807) is 13.2 Å². The summed E-state index contributed by atoms with van der Waals surface area (Å²) in [6.07, 6.45) is 0. The number of fused-ring (bicyclic) bond motifs is 1. The molecule has 126 valence electrons. The molecule has 2 aromatic carbocycles. The number of ketones is 1. The Labute approximate surface area is 141 Å². The van der Waals surface area contributed by atoms with Gasteiger partial charge in [0.25, 0.3) is 0 Å². The second kappa shape index (κ2) is 6.83. The van der Waals surface area contributed by atoms with Gasteiger partial charge in [0.1, 0.15) is 18.1 Å². The Hall–Kier alpha value is -2.69. The van der Waals surface area contributed by atoms with Crippen LogP contribution >= 0.6 is 0 Å². The molecule has 0 saturated carbocycles. The normalized spacial score (nSPS) is 13.5. The predicted molar refractivity (Wildman–Crippen MR) is 89.3 cm³/mol. The van der Waals surface area contributed by atoms with E-state index in [1.165, 1.54) is 6.92 Å². The minimum Gasteiger partial charge on any atom is -0.497 e. The number of benzene rings is 2. The van der Waals surface area contributed by atoms with Crippen LogP contribution in [-0.4, -0.2) is 26.3 Å². The van der Waals surface area contributed by atoms with E-state index in [2.05, 4.69) is 6.92 Å². The van der Waals surface area contributed by atoms with Gasteiger partial charge in [0.15, 0.2) is 17.3 Å². The SMILES string of the molecule is COc1ccc(C(C)c2cc3c(cc2OCC(C)=O)OCO3)cc1. The summed E-state index contributed by atoms with van der Waals surface area (Å²) in [6, 6.07) is 11.6. The quantitative estimate of drug-likeness (QED) is 0.812. The van der Waals surface area contributed by atoms with Crippen LogP contribution in [-0.2, 0) is 4.79 Å². The van der Waals surface area contributed by atoms with Crippen LogP contribution in [0.2, 0.25) is 0 Å². The topological polar surface area (TPSA) is 54.0 Å². The zero-order valence-electron chi connectivity index (χ0n) is 14.0. The third-order valence-corrected chi connectivity index (χ3v) is 4.02. The first-order valence-corrected chi connectivity index (χ1v) is 7.78. The molecule has 0 saturated heterocycles. The van der Waals surface area contributed by atoms with E-state index in [-0.39, 0.29) is 25.1 Å². The number of hydrogen-bond acceptors (Lipinski definition) is 5. The fourth-order valence-electron chi connectivity index (χ4n) is 2.65. The molecule has 0 spiro atoms. The zero-order valence-corrected chi connectivity index (χ0v) is 14.0. The van der Waals surface area contributed by atoms with E-state index < -0.39 is 0 Å². The van der Waals surface area contributed by atoms with Gasteiger partial charge < -0.3 is 18.9 Å². The van der Waals surface area contributed by atoms with Crippen LogP contribution < -0.4 is 18.9 Å². The number of ether oxygens (including phenoxy) is 4. The Kier molecular flexibility index (Phi) is 4.60. The van der Waals surface area contributed by atoms with Crippen molar-refractivity contribution >= 4 is 5.78 Å². The molecule has 5 nitrogen and oxygen atoms in total. The Balaban J connectivity index is 1.95. The lowest BCUT2D eigenvalue weighted by atomic mass is 9.92. The summed E-state index contributed by atoms with van der Waals surface area (Å²) in [5.74, 6) is 2.81. The highest BCUT2D eigenvalue weighted by atomic mass is 16.7. The van der Waals surface area contributed by atoms with E-state index in [1.807, 2.05) is 30.3 Å². The van der Waals surface area contributed by atoms with Gasteiger partial charge in [0.2, 0.25) is 6.79 Å². The van der Waals surface area contributed by atoms with E-state index in [9.17, 15) is 4.79 Å². The molecular formula is C19H20O5. The smallest absolute Gasteiger partial charge is 0.231 e. The summed E-state index contributed by atoms with van der Waals surface area (Å²) in [6.45, 7) is 3.81. The summed E-state index contributed by atoms with van der Waals surface area (Å²) in [5.41, 5.74) is 2.06. The maximum atomic E-state index is 11.3. The number of Topliss-reactive ketones (excluding diaryl/α,β-unsaturated/α-hetero) is 1. The second-order valence-electron chi connectivity index (χ2n) is 5.73.